The SMILES string of the molecule is CC12CCC3C(=CCc4cc(O)ccc43)C1CCC2=O.Oc1ccc(C=Cc2cc(O)cc(O)c2)cc1. The average Bonchev–Trinajstić information content (AvgIpc) is 3.17. The van der Waals surface area contributed by atoms with E-state index in [9.17, 15) is 20.1 Å². The minimum Gasteiger partial charge on any atom is -0.508 e. The van der Waals surface area contributed by atoms with E-state index in [1.807, 2.05) is 12.1 Å². The molecule has 0 bridgehead atoms. The summed E-state index contributed by atoms with van der Waals surface area (Å²) in [7, 11) is 0. The van der Waals surface area contributed by atoms with Crippen LogP contribution in [-0.4, -0.2) is 26.2 Å². The van der Waals surface area contributed by atoms with Gasteiger partial charge in [0.05, 0.1) is 0 Å². The number of hydrogen-bond acceptors (Lipinski definition) is 5. The molecule has 190 valence electrons. The van der Waals surface area contributed by atoms with Crippen LogP contribution in [0.4, 0.5) is 0 Å². The number of hydrogen-bond donors (Lipinski definition) is 4. The maximum atomic E-state index is 12.2. The Morgan fingerprint density at radius 1 is 0.784 bits per heavy atom. The first-order valence-corrected chi connectivity index (χ1v) is 12.8. The summed E-state index contributed by atoms with van der Waals surface area (Å²) in [5.41, 5.74) is 5.66. The Morgan fingerprint density at radius 3 is 2.19 bits per heavy atom. The Hall–Kier alpha value is -3.99. The zero-order valence-electron chi connectivity index (χ0n) is 20.9. The number of aromatic hydroxyl groups is 4. The van der Waals surface area contributed by atoms with Gasteiger partial charge in [-0.3, -0.25) is 4.79 Å². The topological polar surface area (TPSA) is 98.0 Å². The van der Waals surface area contributed by atoms with Crippen molar-refractivity contribution in [2.24, 2.45) is 11.3 Å². The highest BCUT2D eigenvalue weighted by Gasteiger charge is 2.52. The first-order chi connectivity index (χ1) is 17.7. The Morgan fingerprint density at radius 2 is 1.46 bits per heavy atom. The molecule has 3 aliphatic carbocycles. The van der Waals surface area contributed by atoms with Crippen molar-refractivity contribution in [2.45, 2.75) is 44.9 Å². The van der Waals surface area contributed by atoms with Crippen molar-refractivity contribution >= 4 is 17.9 Å². The number of rotatable bonds is 2. The van der Waals surface area contributed by atoms with Crippen molar-refractivity contribution < 1.29 is 25.2 Å². The number of Topliss-reactive ketones (excluding diaryl/α,β-unsaturated/α-hetero) is 1. The van der Waals surface area contributed by atoms with Gasteiger partial charge in [0, 0.05) is 23.8 Å². The molecule has 3 aromatic rings. The Balaban J connectivity index is 0.000000154. The van der Waals surface area contributed by atoms with E-state index in [1.54, 1.807) is 48.5 Å². The van der Waals surface area contributed by atoms with E-state index in [-0.39, 0.29) is 22.7 Å². The van der Waals surface area contributed by atoms with Crippen LogP contribution in [0.1, 0.15) is 60.8 Å². The fraction of sp³-hybridized carbons (Fsp3) is 0.281. The van der Waals surface area contributed by atoms with Gasteiger partial charge in [-0.25, -0.2) is 0 Å². The smallest absolute Gasteiger partial charge is 0.139 e. The molecule has 2 saturated carbocycles. The quantitative estimate of drug-likeness (QED) is 0.233. The van der Waals surface area contributed by atoms with Crippen molar-refractivity contribution in [3.05, 3.63) is 94.6 Å². The molecule has 4 N–H and O–H groups in total. The normalized spacial score (nSPS) is 23.9. The summed E-state index contributed by atoms with van der Waals surface area (Å²) in [6.45, 7) is 2.18. The lowest BCUT2D eigenvalue weighted by molar-refractivity contribution is -0.126. The van der Waals surface area contributed by atoms with Gasteiger partial charge in [0.15, 0.2) is 0 Å². The number of allylic oxidation sites excluding steroid dienone is 2. The third kappa shape index (κ3) is 4.99. The molecule has 0 heterocycles. The van der Waals surface area contributed by atoms with Gasteiger partial charge in [0.25, 0.3) is 0 Å². The second-order valence-corrected chi connectivity index (χ2v) is 10.5. The van der Waals surface area contributed by atoms with Crippen molar-refractivity contribution in [3.63, 3.8) is 0 Å². The molecule has 0 aromatic heterocycles. The minimum atomic E-state index is -0.100. The highest BCUT2D eigenvalue weighted by atomic mass is 16.3. The van der Waals surface area contributed by atoms with E-state index in [4.69, 9.17) is 5.11 Å². The maximum absolute atomic E-state index is 12.2. The van der Waals surface area contributed by atoms with E-state index in [0.29, 0.717) is 28.9 Å². The summed E-state index contributed by atoms with van der Waals surface area (Å²) in [4.78, 5) is 12.2. The summed E-state index contributed by atoms with van der Waals surface area (Å²) in [5.74, 6) is 2.03. The van der Waals surface area contributed by atoms with Crippen molar-refractivity contribution in [2.75, 3.05) is 0 Å². The number of ketones is 1. The van der Waals surface area contributed by atoms with Crippen molar-refractivity contribution in [3.8, 4) is 23.0 Å². The summed E-state index contributed by atoms with van der Waals surface area (Å²) in [6.07, 6.45) is 10.7. The van der Waals surface area contributed by atoms with Crippen LogP contribution in [0.15, 0.2) is 72.3 Å². The van der Waals surface area contributed by atoms with Gasteiger partial charge in [-0.2, -0.15) is 0 Å². The molecule has 37 heavy (non-hydrogen) atoms. The zero-order chi connectivity index (χ0) is 26.2. The number of carbonyl (C=O) groups excluding carboxylic acids is 1. The summed E-state index contributed by atoms with van der Waals surface area (Å²) < 4.78 is 0. The van der Waals surface area contributed by atoms with Gasteiger partial charge in [0.1, 0.15) is 28.8 Å². The molecule has 0 spiro atoms. The summed E-state index contributed by atoms with van der Waals surface area (Å²) >= 11 is 0. The Bertz CT molecular complexity index is 1360. The van der Waals surface area contributed by atoms with E-state index in [1.165, 1.54) is 22.8 Å². The largest absolute Gasteiger partial charge is 0.508 e. The molecule has 0 radical (unpaired) electrons. The molecule has 6 rings (SSSR count). The molecular weight excluding hydrogens is 464 g/mol. The average molecular weight is 497 g/mol. The third-order valence-electron chi connectivity index (χ3n) is 8.17. The molecular formula is C32H32O5. The van der Waals surface area contributed by atoms with Crippen LogP contribution in [0.3, 0.4) is 0 Å². The van der Waals surface area contributed by atoms with Gasteiger partial charge in [-0.05, 0) is 90.3 Å². The van der Waals surface area contributed by atoms with Crippen LogP contribution in [0.25, 0.3) is 12.2 Å². The molecule has 3 unspecified atom stereocenters. The lowest BCUT2D eigenvalue weighted by Crippen LogP contribution is -2.37. The van der Waals surface area contributed by atoms with Crippen LogP contribution in [0.5, 0.6) is 23.0 Å². The fourth-order valence-corrected chi connectivity index (χ4v) is 6.22. The maximum Gasteiger partial charge on any atom is 0.139 e. The predicted octanol–water partition coefficient (Wildman–Crippen LogP) is 6.71. The second kappa shape index (κ2) is 9.81. The standard InChI is InChI=1S/C18H20O2.C14H12O3/c1-18-9-8-14-13-5-3-12(19)10-11(13)2-4-15(14)16(18)6-7-17(18)20;15-12-5-3-10(4-6-12)1-2-11-7-13(16)9-14(17)8-11/h3-5,10,14,16,19H,2,6-9H2,1H3;1-9,15-17H. The summed E-state index contributed by atoms with van der Waals surface area (Å²) in [5, 5.41) is 37.4. The number of phenolic OH excluding ortho intramolecular Hbond substituents is 4. The van der Waals surface area contributed by atoms with Crippen LogP contribution < -0.4 is 0 Å². The molecule has 3 aromatic carbocycles. The molecule has 0 amide bonds. The molecule has 5 heteroatoms. The summed E-state index contributed by atoms with van der Waals surface area (Å²) in [6, 6.07) is 16.9. The number of benzene rings is 3. The van der Waals surface area contributed by atoms with Gasteiger partial charge in [-0.1, -0.05) is 48.9 Å². The third-order valence-corrected chi connectivity index (χ3v) is 8.17. The number of fused-ring (bicyclic) bond motifs is 5. The molecule has 0 aliphatic heterocycles. The molecule has 5 nitrogen and oxygen atoms in total. The predicted molar refractivity (Wildman–Crippen MR) is 145 cm³/mol. The van der Waals surface area contributed by atoms with Crippen LogP contribution in [0, 0.1) is 11.3 Å². The van der Waals surface area contributed by atoms with Gasteiger partial charge < -0.3 is 20.4 Å². The highest BCUT2D eigenvalue weighted by molar-refractivity contribution is 5.88. The zero-order valence-corrected chi connectivity index (χ0v) is 20.9. The Kier molecular flexibility index (Phi) is 6.55. The van der Waals surface area contributed by atoms with Gasteiger partial charge >= 0.3 is 0 Å². The first kappa shape index (κ1) is 24.7. The second-order valence-electron chi connectivity index (χ2n) is 10.5. The first-order valence-electron chi connectivity index (χ1n) is 12.8. The van der Waals surface area contributed by atoms with Crippen molar-refractivity contribution in [1.82, 2.24) is 0 Å². The molecule has 0 saturated heterocycles. The monoisotopic (exact) mass is 496 g/mol. The van der Waals surface area contributed by atoms with E-state index >= 15 is 0 Å². The number of carbonyl (C=O) groups is 1. The van der Waals surface area contributed by atoms with Crippen LogP contribution in [-0.2, 0) is 11.2 Å². The fourth-order valence-electron chi connectivity index (χ4n) is 6.22. The van der Waals surface area contributed by atoms with E-state index in [0.717, 1.165) is 37.7 Å². The van der Waals surface area contributed by atoms with Crippen LogP contribution >= 0.6 is 0 Å². The van der Waals surface area contributed by atoms with Gasteiger partial charge in [-0.15, -0.1) is 0 Å². The Labute approximate surface area is 217 Å². The van der Waals surface area contributed by atoms with Crippen molar-refractivity contribution in [1.29, 1.82) is 0 Å². The van der Waals surface area contributed by atoms with Gasteiger partial charge in [0.2, 0.25) is 0 Å². The lowest BCUT2D eigenvalue weighted by Gasteiger charge is -2.43. The lowest BCUT2D eigenvalue weighted by atomic mass is 9.60. The molecule has 2 fully saturated rings. The highest BCUT2D eigenvalue weighted by Crippen LogP contribution is 2.57. The van der Waals surface area contributed by atoms with Crippen LogP contribution in [0.2, 0.25) is 0 Å². The van der Waals surface area contributed by atoms with E-state index < -0.39 is 0 Å². The molecule has 3 aliphatic rings. The molecule has 3 atom stereocenters. The van der Waals surface area contributed by atoms with E-state index in [2.05, 4.69) is 19.1 Å². The minimum absolute atomic E-state index is 0.0235. The number of phenols is 4.